The molecule has 2 aromatic carbocycles. The van der Waals surface area contributed by atoms with Crippen LogP contribution in [0.4, 0.5) is 5.69 Å². The normalized spacial score (nSPS) is 15.6. The van der Waals surface area contributed by atoms with Gasteiger partial charge in [0.25, 0.3) is 0 Å². The van der Waals surface area contributed by atoms with Crippen LogP contribution in [0, 0.1) is 0 Å². The number of likely N-dealkylation sites (tertiary alicyclic amines) is 1. The summed E-state index contributed by atoms with van der Waals surface area (Å²) in [6.07, 6.45) is 2.19. The molecule has 0 aromatic heterocycles. The van der Waals surface area contributed by atoms with Gasteiger partial charge >= 0.3 is 0 Å². The summed E-state index contributed by atoms with van der Waals surface area (Å²) in [5.41, 5.74) is 1.66. The average molecular weight is 394 g/mol. The first-order chi connectivity index (χ1) is 14.0. The second kappa shape index (κ2) is 9.59. The highest BCUT2D eigenvalue weighted by molar-refractivity contribution is 5.88. The van der Waals surface area contributed by atoms with Gasteiger partial charge in [0, 0.05) is 45.8 Å². The molecule has 0 spiro atoms. The first-order valence-electron chi connectivity index (χ1n) is 10.4. The highest BCUT2D eigenvalue weighted by Crippen LogP contribution is 2.36. The van der Waals surface area contributed by atoms with Gasteiger partial charge in [-0.2, -0.15) is 0 Å². The summed E-state index contributed by atoms with van der Waals surface area (Å²) in [7, 11) is 2.07. The highest BCUT2D eigenvalue weighted by Gasteiger charge is 2.43. The van der Waals surface area contributed by atoms with Gasteiger partial charge in [0.05, 0.1) is 5.41 Å². The first-order valence-corrected chi connectivity index (χ1v) is 10.4. The van der Waals surface area contributed by atoms with Crippen molar-refractivity contribution in [1.29, 1.82) is 0 Å². The fraction of sp³-hybridized carbons (Fsp3) is 0.417. The zero-order chi connectivity index (χ0) is 20.7. The summed E-state index contributed by atoms with van der Waals surface area (Å²) < 4.78 is 0. The summed E-state index contributed by atoms with van der Waals surface area (Å²) in [4.78, 5) is 29.0. The molecular weight excluding hydrogens is 362 g/mol. The van der Waals surface area contributed by atoms with E-state index in [0.29, 0.717) is 32.5 Å². The third-order valence-corrected chi connectivity index (χ3v) is 5.98. The van der Waals surface area contributed by atoms with Crippen molar-refractivity contribution in [2.24, 2.45) is 0 Å². The standard InChI is InChI=1S/C24H31N3O2/c1-20(28)27-18-14-24(15-19-27,21-10-5-3-6-11-21)23(29)25-16-9-17-26(2)22-12-7-4-8-13-22/h3-8,10-13H,9,14-19H2,1-2H3,(H,25,29). The number of para-hydroxylation sites is 1. The van der Waals surface area contributed by atoms with E-state index in [4.69, 9.17) is 0 Å². The minimum absolute atomic E-state index is 0.0780. The van der Waals surface area contributed by atoms with Crippen molar-refractivity contribution < 1.29 is 9.59 Å². The molecule has 0 bridgehead atoms. The average Bonchev–Trinajstić information content (AvgIpc) is 2.77. The first kappa shape index (κ1) is 20.9. The van der Waals surface area contributed by atoms with Crippen molar-refractivity contribution >= 4 is 17.5 Å². The Labute approximate surface area is 173 Å². The number of nitrogens with one attached hydrogen (secondary N) is 1. The summed E-state index contributed by atoms with van der Waals surface area (Å²) in [5.74, 6) is 0.158. The molecule has 5 nitrogen and oxygen atoms in total. The SMILES string of the molecule is CC(=O)N1CCC(C(=O)NCCCN(C)c2ccccc2)(c2ccccc2)CC1. The fourth-order valence-electron chi connectivity index (χ4n) is 4.11. The van der Waals surface area contributed by atoms with Crippen LogP contribution in [0.3, 0.4) is 0 Å². The van der Waals surface area contributed by atoms with Gasteiger partial charge in [0.2, 0.25) is 11.8 Å². The van der Waals surface area contributed by atoms with E-state index in [1.54, 1.807) is 6.92 Å². The molecule has 0 radical (unpaired) electrons. The Balaban J connectivity index is 1.60. The van der Waals surface area contributed by atoms with Crippen LogP contribution in [0.5, 0.6) is 0 Å². The lowest BCUT2D eigenvalue weighted by Crippen LogP contribution is -2.52. The van der Waals surface area contributed by atoms with Crippen LogP contribution in [0.1, 0.15) is 31.7 Å². The summed E-state index contributed by atoms with van der Waals surface area (Å²) in [6.45, 7) is 4.35. The van der Waals surface area contributed by atoms with Gasteiger partial charge in [-0.25, -0.2) is 0 Å². The monoisotopic (exact) mass is 393 g/mol. The Kier molecular flexibility index (Phi) is 6.91. The zero-order valence-corrected chi connectivity index (χ0v) is 17.4. The van der Waals surface area contributed by atoms with Crippen molar-refractivity contribution in [3.8, 4) is 0 Å². The van der Waals surface area contributed by atoms with Crippen LogP contribution in [0.15, 0.2) is 60.7 Å². The molecule has 1 aliphatic heterocycles. The molecule has 5 heteroatoms. The van der Waals surface area contributed by atoms with Crippen molar-refractivity contribution in [2.45, 2.75) is 31.6 Å². The maximum absolute atomic E-state index is 13.3. The van der Waals surface area contributed by atoms with E-state index in [0.717, 1.165) is 18.5 Å². The van der Waals surface area contributed by atoms with Gasteiger partial charge in [0.1, 0.15) is 0 Å². The van der Waals surface area contributed by atoms with Crippen LogP contribution >= 0.6 is 0 Å². The van der Waals surface area contributed by atoms with E-state index in [9.17, 15) is 9.59 Å². The maximum atomic E-state index is 13.3. The van der Waals surface area contributed by atoms with E-state index in [1.165, 1.54) is 5.69 Å². The van der Waals surface area contributed by atoms with Crippen molar-refractivity contribution in [3.05, 3.63) is 66.2 Å². The molecule has 2 amide bonds. The minimum atomic E-state index is -0.557. The van der Waals surface area contributed by atoms with Crippen molar-refractivity contribution in [1.82, 2.24) is 10.2 Å². The lowest BCUT2D eigenvalue weighted by atomic mass is 9.72. The molecular formula is C24H31N3O2. The Bertz CT molecular complexity index is 799. The van der Waals surface area contributed by atoms with Crippen LogP contribution in [0.2, 0.25) is 0 Å². The van der Waals surface area contributed by atoms with E-state index in [-0.39, 0.29) is 11.8 Å². The lowest BCUT2D eigenvalue weighted by Gasteiger charge is -2.40. The molecule has 0 saturated carbocycles. The number of amides is 2. The van der Waals surface area contributed by atoms with Gasteiger partial charge in [-0.1, -0.05) is 48.5 Å². The molecule has 0 aliphatic carbocycles. The number of benzene rings is 2. The Morgan fingerprint density at radius 1 is 1.00 bits per heavy atom. The van der Waals surface area contributed by atoms with Crippen LogP contribution < -0.4 is 10.2 Å². The molecule has 3 rings (SSSR count). The molecule has 1 heterocycles. The Morgan fingerprint density at radius 2 is 1.59 bits per heavy atom. The van der Waals surface area contributed by atoms with Gasteiger partial charge in [-0.15, -0.1) is 0 Å². The Hall–Kier alpha value is -2.82. The Morgan fingerprint density at radius 3 is 2.17 bits per heavy atom. The second-order valence-electron chi connectivity index (χ2n) is 7.82. The van der Waals surface area contributed by atoms with E-state index in [2.05, 4.69) is 29.4 Å². The van der Waals surface area contributed by atoms with E-state index in [1.807, 2.05) is 53.4 Å². The largest absolute Gasteiger partial charge is 0.375 e. The van der Waals surface area contributed by atoms with Gasteiger partial charge in [-0.05, 0) is 37.0 Å². The van der Waals surface area contributed by atoms with E-state index < -0.39 is 5.41 Å². The number of rotatable bonds is 7. The number of anilines is 1. The smallest absolute Gasteiger partial charge is 0.230 e. The number of nitrogens with zero attached hydrogens (tertiary/aromatic N) is 2. The number of carbonyl (C=O) groups excluding carboxylic acids is 2. The molecule has 1 saturated heterocycles. The summed E-state index contributed by atoms with van der Waals surface area (Å²) in [5, 5.41) is 3.17. The molecule has 0 unspecified atom stereocenters. The summed E-state index contributed by atoms with van der Waals surface area (Å²) >= 11 is 0. The number of carbonyl (C=O) groups is 2. The summed E-state index contributed by atoms with van der Waals surface area (Å²) in [6, 6.07) is 20.3. The van der Waals surface area contributed by atoms with E-state index >= 15 is 0 Å². The maximum Gasteiger partial charge on any atom is 0.230 e. The molecule has 154 valence electrons. The quantitative estimate of drug-likeness (QED) is 0.735. The molecule has 1 N–H and O–H groups in total. The molecule has 2 aromatic rings. The predicted octanol–water partition coefficient (Wildman–Crippen LogP) is 3.21. The lowest BCUT2D eigenvalue weighted by molar-refractivity contribution is -0.135. The highest BCUT2D eigenvalue weighted by atomic mass is 16.2. The van der Waals surface area contributed by atoms with Crippen molar-refractivity contribution in [3.63, 3.8) is 0 Å². The van der Waals surface area contributed by atoms with Crippen LogP contribution in [-0.4, -0.2) is 49.9 Å². The van der Waals surface area contributed by atoms with Crippen LogP contribution in [-0.2, 0) is 15.0 Å². The molecule has 1 aliphatic rings. The third kappa shape index (κ3) is 4.97. The topological polar surface area (TPSA) is 52.7 Å². The fourth-order valence-corrected chi connectivity index (χ4v) is 4.11. The van der Waals surface area contributed by atoms with Crippen molar-refractivity contribution in [2.75, 3.05) is 38.1 Å². The molecule has 0 atom stereocenters. The zero-order valence-electron chi connectivity index (χ0n) is 17.4. The number of piperidine rings is 1. The molecule has 1 fully saturated rings. The number of hydrogen-bond donors (Lipinski definition) is 1. The van der Waals surface area contributed by atoms with Gasteiger partial charge in [0.15, 0.2) is 0 Å². The molecule has 29 heavy (non-hydrogen) atoms. The van der Waals surface area contributed by atoms with Gasteiger partial charge < -0.3 is 15.1 Å². The van der Waals surface area contributed by atoms with Crippen LogP contribution in [0.25, 0.3) is 0 Å². The number of hydrogen-bond acceptors (Lipinski definition) is 3. The second-order valence-corrected chi connectivity index (χ2v) is 7.82. The van der Waals surface area contributed by atoms with Gasteiger partial charge in [-0.3, -0.25) is 9.59 Å². The third-order valence-electron chi connectivity index (χ3n) is 5.98. The minimum Gasteiger partial charge on any atom is -0.375 e. The predicted molar refractivity (Wildman–Crippen MR) is 117 cm³/mol.